The van der Waals surface area contributed by atoms with Crippen LogP contribution in [0, 0.1) is 17.8 Å². The maximum absolute atomic E-state index is 14.6. The lowest BCUT2D eigenvalue weighted by atomic mass is 9.75. The number of aliphatic hydroxyl groups is 5. The molecule has 18 heteroatoms. The first-order valence-electron chi connectivity index (χ1n) is 28.4. The molecule has 440 valence electrons. The number of benzene rings is 2. The summed E-state index contributed by atoms with van der Waals surface area (Å²) < 4.78 is 39.0. The topological polar surface area (TPSA) is 221 Å². The van der Waals surface area contributed by atoms with Gasteiger partial charge in [0.1, 0.15) is 35.1 Å². The van der Waals surface area contributed by atoms with E-state index in [4.69, 9.17) is 28.4 Å². The summed E-state index contributed by atoms with van der Waals surface area (Å²) in [4.78, 5) is 33.8. The fourth-order valence-electron chi connectivity index (χ4n) is 12.8. The molecule has 0 spiro atoms. The van der Waals surface area contributed by atoms with Crippen molar-refractivity contribution >= 4 is 29.3 Å². The molecule has 18 atom stereocenters. The lowest BCUT2D eigenvalue weighted by molar-refractivity contribution is -0.336. The van der Waals surface area contributed by atoms with Gasteiger partial charge in [0.2, 0.25) is 5.91 Å². The van der Waals surface area contributed by atoms with Gasteiger partial charge < -0.3 is 74.4 Å². The van der Waals surface area contributed by atoms with Crippen LogP contribution < -0.4 is 10.6 Å². The number of likely N-dealkylation sites (N-methyl/N-ethyl adjacent to an activating group) is 2. The first kappa shape index (κ1) is 62.9. The standard InChI is InChI=1S/C61H92N4O13S/c1-15-48-60(10,71)54(68)39(6)65(13)33-35(2)31-58(8,70)55(78-57-51(67)47(64(11)12)28-36(3)74-57)37(4)52(38(5)56(69)76-48)77-50-32-59(9,73-14)61(72,40(7)75-50)34-62-26-27-63-49(66)25-24-43-30-46-44-22-18-16-20-41(44)29-42-21-17-19-23-45(42)53(46)79-43/h16-25,30,35-40,47-48,50-52,54-55,57,62,67-68,70-72H,15,26-29,31-34H2,1-14H3,(H,63,66)/t35-,36-,37+,38-,39-,40+,47+,48-,50+,51-,52+,54-,55-,57+,58-,59-,60-,61+/m1/s1. The first-order valence-corrected chi connectivity index (χ1v) is 29.2. The van der Waals surface area contributed by atoms with E-state index in [0.29, 0.717) is 19.5 Å². The van der Waals surface area contributed by atoms with E-state index in [1.165, 1.54) is 41.2 Å². The lowest BCUT2D eigenvalue weighted by Gasteiger charge is -2.53. The number of ether oxygens (including phenoxy) is 6. The van der Waals surface area contributed by atoms with Crippen molar-refractivity contribution < 1.29 is 63.5 Å². The number of aliphatic hydroxyl groups excluding tert-OH is 2. The van der Waals surface area contributed by atoms with E-state index in [2.05, 4.69) is 65.2 Å². The van der Waals surface area contributed by atoms with Crippen LogP contribution in [-0.4, -0.2) is 191 Å². The van der Waals surface area contributed by atoms with Gasteiger partial charge >= 0.3 is 5.97 Å². The predicted molar refractivity (Wildman–Crippen MR) is 306 cm³/mol. The molecule has 3 fully saturated rings. The molecule has 1 amide bonds. The summed E-state index contributed by atoms with van der Waals surface area (Å²) in [5.74, 6) is -3.11. The number of esters is 1. The number of fused-ring (bicyclic) bond motifs is 5. The minimum Gasteiger partial charge on any atom is -0.459 e. The van der Waals surface area contributed by atoms with E-state index < -0.39 is 95.5 Å². The molecule has 3 aromatic rings. The molecular formula is C61H92N4O13S. The zero-order valence-electron chi connectivity index (χ0n) is 49.1. The Labute approximate surface area is 472 Å². The molecule has 7 N–H and O–H groups in total. The van der Waals surface area contributed by atoms with Crippen molar-refractivity contribution in [1.82, 2.24) is 20.4 Å². The van der Waals surface area contributed by atoms with Crippen molar-refractivity contribution in [2.75, 3.05) is 54.4 Å². The van der Waals surface area contributed by atoms with Gasteiger partial charge in [0.25, 0.3) is 0 Å². The molecule has 7 rings (SSSR count). The highest BCUT2D eigenvalue weighted by Crippen LogP contribution is 2.47. The summed E-state index contributed by atoms with van der Waals surface area (Å²) in [6, 6.07) is 18.2. The van der Waals surface area contributed by atoms with Crippen LogP contribution in [0.1, 0.15) is 111 Å². The number of carbonyl (C=O) groups excluding carboxylic acids is 2. The van der Waals surface area contributed by atoms with Gasteiger partial charge in [-0.2, -0.15) is 0 Å². The van der Waals surface area contributed by atoms with Crippen molar-refractivity contribution in [3.8, 4) is 21.6 Å². The average molecular weight is 1120 g/mol. The number of hydrogen-bond donors (Lipinski definition) is 7. The Bertz CT molecular complexity index is 2500. The Morgan fingerprint density at radius 1 is 0.911 bits per heavy atom. The molecule has 2 aromatic carbocycles. The maximum atomic E-state index is 14.6. The highest BCUT2D eigenvalue weighted by Gasteiger charge is 2.58. The summed E-state index contributed by atoms with van der Waals surface area (Å²) in [6.07, 6.45) is -4.07. The summed E-state index contributed by atoms with van der Waals surface area (Å²) >= 11 is 1.66. The van der Waals surface area contributed by atoms with Gasteiger partial charge in [-0.1, -0.05) is 69.3 Å². The van der Waals surface area contributed by atoms with Crippen molar-refractivity contribution in [3.63, 3.8) is 0 Å². The van der Waals surface area contributed by atoms with E-state index in [1.54, 1.807) is 59.0 Å². The van der Waals surface area contributed by atoms with Gasteiger partial charge in [-0.15, -0.1) is 11.3 Å². The number of hydrogen-bond acceptors (Lipinski definition) is 17. The summed E-state index contributed by atoms with van der Waals surface area (Å²) in [7, 11) is 7.11. The first-order chi connectivity index (χ1) is 37.2. The second-order valence-electron chi connectivity index (χ2n) is 24.2. The number of thiophene rings is 1. The number of cyclic esters (lactones) is 1. The minimum absolute atomic E-state index is 0.00397. The van der Waals surface area contributed by atoms with Gasteiger partial charge in [0, 0.05) is 79.1 Å². The lowest BCUT2D eigenvalue weighted by Crippen LogP contribution is -2.70. The van der Waals surface area contributed by atoms with Gasteiger partial charge in [0.05, 0.1) is 35.9 Å². The van der Waals surface area contributed by atoms with Crippen molar-refractivity contribution in [1.29, 1.82) is 0 Å². The van der Waals surface area contributed by atoms with Crippen LogP contribution in [0.5, 0.6) is 0 Å². The van der Waals surface area contributed by atoms with Crippen molar-refractivity contribution in [2.45, 2.75) is 191 Å². The maximum Gasteiger partial charge on any atom is 0.311 e. The van der Waals surface area contributed by atoms with Crippen LogP contribution in [0.2, 0.25) is 0 Å². The molecule has 79 heavy (non-hydrogen) atoms. The molecule has 1 aromatic heterocycles. The number of amides is 1. The third-order valence-corrected chi connectivity index (χ3v) is 18.9. The highest BCUT2D eigenvalue weighted by molar-refractivity contribution is 7.17. The Hall–Kier alpha value is -3.70. The third-order valence-electron chi connectivity index (χ3n) is 17.8. The number of rotatable bonds is 14. The zero-order valence-corrected chi connectivity index (χ0v) is 49.9. The number of methoxy groups -OCH3 is 1. The molecule has 0 bridgehead atoms. The monoisotopic (exact) mass is 1120 g/mol. The summed E-state index contributed by atoms with van der Waals surface area (Å²) in [6.45, 7) is 18.6. The molecule has 1 aliphatic carbocycles. The van der Waals surface area contributed by atoms with E-state index >= 15 is 0 Å². The van der Waals surface area contributed by atoms with Crippen LogP contribution >= 0.6 is 11.3 Å². The molecule has 4 heterocycles. The van der Waals surface area contributed by atoms with Crippen LogP contribution in [0.3, 0.4) is 0 Å². The normalized spacial score (nSPS) is 38.0. The predicted octanol–water partition coefficient (Wildman–Crippen LogP) is 5.99. The minimum atomic E-state index is -1.86. The van der Waals surface area contributed by atoms with Crippen LogP contribution in [0.4, 0.5) is 0 Å². The highest BCUT2D eigenvalue weighted by atomic mass is 32.1. The Kier molecular flexibility index (Phi) is 20.6. The molecule has 0 radical (unpaired) electrons. The number of carbonyl (C=O) groups is 2. The van der Waals surface area contributed by atoms with Crippen LogP contribution in [0.25, 0.3) is 27.6 Å². The average Bonchev–Trinajstić information content (AvgIpc) is 3.99. The smallest absolute Gasteiger partial charge is 0.311 e. The molecule has 17 nitrogen and oxygen atoms in total. The Morgan fingerprint density at radius 2 is 1.57 bits per heavy atom. The quantitative estimate of drug-likeness (QED) is 0.0438. The van der Waals surface area contributed by atoms with E-state index in [0.717, 1.165) is 16.9 Å². The van der Waals surface area contributed by atoms with E-state index in [-0.39, 0.29) is 56.3 Å². The summed E-state index contributed by atoms with van der Waals surface area (Å²) in [5.41, 5.74) is -0.285. The second kappa shape index (κ2) is 25.8. The largest absolute Gasteiger partial charge is 0.459 e. The van der Waals surface area contributed by atoms with Crippen molar-refractivity contribution in [3.05, 3.63) is 76.7 Å². The molecule has 3 aliphatic heterocycles. The zero-order chi connectivity index (χ0) is 57.9. The van der Waals surface area contributed by atoms with Gasteiger partial charge in [-0.3, -0.25) is 9.59 Å². The fourth-order valence-corrected chi connectivity index (χ4v) is 14.0. The SMILES string of the molecule is CC[C@H]1OC(=O)[C@H](C)[C@@H](O[C@H]2C[C@@](C)(OC)[C@](O)(CNCCNC(=O)C=Cc3cc4c(s3)-c3ccccc3Cc3ccccc3-4)[C@H](C)O2)[C@H](C)[C@@H](O[C@@H]2O[C@H](C)C[C@H](N(C)C)[C@H]2O)[C@](C)(O)C[C@@H](C)CN(C)[C@H](C)[C@@H](O)[C@]1(C)O. The number of nitrogens with zero attached hydrogens (tertiary/aromatic N) is 2. The molecular weight excluding hydrogens is 1030 g/mol. The van der Waals surface area contributed by atoms with E-state index in [9.17, 15) is 35.1 Å². The van der Waals surface area contributed by atoms with Gasteiger partial charge in [-0.25, -0.2) is 0 Å². The molecule has 4 aliphatic rings. The van der Waals surface area contributed by atoms with Gasteiger partial charge in [0.15, 0.2) is 12.6 Å². The number of nitrogens with one attached hydrogen (secondary N) is 2. The van der Waals surface area contributed by atoms with Crippen LogP contribution in [0.15, 0.2) is 60.7 Å². The third kappa shape index (κ3) is 13.7. The Morgan fingerprint density at radius 3 is 2.23 bits per heavy atom. The van der Waals surface area contributed by atoms with Crippen LogP contribution in [-0.2, 0) is 44.4 Å². The Balaban J connectivity index is 1.08. The van der Waals surface area contributed by atoms with E-state index in [1.807, 2.05) is 57.8 Å². The molecule has 0 unspecified atom stereocenters. The fraction of sp³-hybridized carbons (Fsp3) is 0.672. The second-order valence-corrected chi connectivity index (χ2v) is 25.3. The summed E-state index contributed by atoms with van der Waals surface area (Å²) in [5, 5.41) is 67.1. The molecule has 3 saturated heterocycles. The van der Waals surface area contributed by atoms with Gasteiger partial charge in [-0.05, 0) is 136 Å². The van der Waals surface area contributed by atoms with Crippen molar-refractivity contribution in [2.24, 2.45) is 17.8 Å². The molecule has 0 saturated carbocycles.